The molecule has 4 aromatic heterocycles. The van der Waals surface area contributed by atoms with Gasteiger partial charge in [0, 0.05) is 54.5 Å². The highest BCUT2D eigenvalue weighted by molar-refractivity contribution is 6.02. The number of nitrogens with zero attached hydrogens (tertiary/aromatic N) is 4. The van der Waals surface area contributed by atoms with E-state index in [1.807, 2.05) is 30.5 Å². The fourth-order valence-corrected chi connectivity index (χ4v) is 4.17. The van der Waals surface area contributed by atoms with E-state index >= 15 is 0 Å². The number of ketones is 2. The number of pyridine rings is 2. The first kappa shape index (κ1) is 25.8. The predicted octanol–water partition coefficient (Wildman–Crippen LogP) is 6.08. The lowest BCUT2D eigenvalue weighted by molar-refractivity contribution is -0.274. The van der Waals surface area contributed by atoms with E-state index in [-0.39, 0.29) is 30.3 Å². The molecule has 0 radical (unpaired) electrons. The van der Waals surface area contributed by atoms with Crippen molar-refractivity contribution in [2.45, 2.75) is 32.0 Å². The van der Waals surface area contributed by atoms with Gasteiger partial charge in [-0.25, -0.2) is 4.52 Å². The van der Waals surface area contributed by atoms with E-state index in [0.717, 1.165) is 23.3 Å². The summed E-state index contributed by atoms with van der Waals surface area (Å²) in [6.45, 7) is 1.79. The maximum atomic E-state index is 13.1. The topological polar surface area (TPSA) is 99.6 Å². The molecule has 1 aromatic carbocycles. The third kappa shape index (κ3) is 6.03. The molecule has 0 bridgehead atoms. The van der Waals surface area contributed by atoms with Crippen molar-refractivity contribution in [3.05, 3.63) is 102 Å². The summed E-state index contributed by atoms with van der Waals surface area (Å²) in [4.78, 5) is 29.9. The van der Waals surface area contributed by atoms with Crippen LogP contribution >= 0.6 is 0 Å². The summed E-state index contributed by atoms with van der Waals surface area (Å²) in [6, 6.07) is 14.1. The minimum Gasteiger partial charge on any atom is -0.406 e. The average molecular weight is 534 g/mol. The molecule has 11 heteroatoms. The minimum atomic E-state index is -4.83. The van der Waals surface area contributed by atoms with E-state index in [2.05, 4.69) is 20.0 Å². The molecular weight excluding hydrogens is 513 g/mol. The summed E-state index contributed by atoms with van der Waals surface area (Å²) in [6.07, 6.45) is 1.84. The van der Waals surface area contributed by atoms with E-state index in [4.69, 9.17) is 4.52 Å². The zero-order valence-corrected chi connectivity index (χ0v) is 20.6. The number of alkyl halides is 3. The lowest BCUT2D eigenvalue weighted by Gasteiger charge is -2.09. The Bertz CT molecular complexity index is 1640. The number of halogens is 3. The molecule has 0 amide bonds. The van der Waals surface area contributed by atoms with E-state index in [9.17, 15) is 22.8 Å². The van der Waals surface area contributed by atoms with Gasteiger partial charge < -0.3 is 9.26 Å². The molecule has 0 aliphatic carbocycles. The highest BCUT2D eigenvalue weighted by Gasteiger charge is 2.31. The van der Waals surface area contributed by atoms with Gasteiger partial charge in [0.05, 0.1) is 23.0 Å². The predicted molar refractivity (Wildman–Crippen MR) is 133 cm³/mol. The Morgan fingerprint density at radius 1 is 1.03 bits per heavy atom. The van der Waals surface area contributed by atoms with Crippen molar-refractivity contribution in [2.75, 3.05) is 0 Å². The van der Waals surface area contributed by atoms with Gasteiger partial charge in [-0.2, -0.15) is 5.10 Å². The van der Waals surface area contributed by atoms with Crippen LogP contribution in [0.4, 0.5) is 13.2 Å². The van der Waals surface area contributed by atoms with Gasteiger partial charge in [0.1, 0.15) is 5.75 Å². The summed E-state index contributed by atoms with van der Waals surface area (Å²) in [5.74, 6) is -1.45. The van der Waals surface area contributed by atoms with Crippen molar-refractivity contribution in [3.63, 3.8) is 0 Å². The Labute approximate surface area is 220 Å². The number of hydrogen-bond acceptors (Lipinski definition) is 7. The van der Waals surface area contributed by atoms with Gasteiger partial charge in [0.2, 0.25) is 11.5 Å². The van der Waals surface area contributed by atoms with Crippen molar-refractivity contribution < 1.29 is 32.0 Å². The second-order valence-corrected chi connectivity index (χ2v) is 8.99. The summed E-state index contributed by atoms with van der Waals surface area (Å²) < 4.78 is 48.1. The number of fused-ring (bicyclic) bond motifs is 1. The van der Waals surface area contributed by atoms with Crippen LogP contribution in [0, 0.1) is 0 Å². The molecule has 0 saturated heterocycles. The van der Waals surface area contributed by atoms with Crippen molar-refractivity contribution in [3.8, 4) is 16.9 Å². The molecule has 0 N–H and O–H groups in total. The molecule has 0 aliphatic rings. The molecule has 8 nitrogen and oxygen atoms in total. The fourth-order valence-electron chi connectivity index (χ4n) is 4.17. The lowest BCUT2D eigenvalue weighted by atomic mass is 9.97. The number of hydrogen-bond donors (Lipinski definition) is 0. The van der Waals surface area contributed by atoms with Crippen LogP contribution < -0.4 is 4.74 Å². The second-order valence-electron chi connectivity index (χ2n) is 8.99. The second kappa shape index (κ2) is 10.5. The maximum Gasteiger partial charge on any atom is 0.573 e. The average Bonchev–Trinajstić information content (AvgIpc) is 3.56. The molecule has 5 aromatic rings. The Balaban J connectivity index is 1.24. The molecule has 0 aliphatic heterocycles. The van der Waals surface area contributed by atoms with Gasteiger partial charge in [-0.05, 0) is 29.8 Å². The molecule has 0 unspecified atom stereocenters. The zero-order valence-electron chi connectivity index (χ0n) is 20.6. The number of ether oxygens (including phenoxy) is 1. The van der Waals surface area contributed by atoms with Crippen molar-refractivity contribution >= 4 is 17.1 Å². The van der Waals surface area contributed by atoms with Gasteiger partial charge in [0.15, 0.2) is 5.78 Å². The van der Waals surface area contributed by atoms with Crippen LogP contribution in [0.1, 0.15) is 51.4 Å². The van der Waals surface area contributed by atoms with Crippen LogP contribution in [0.3, 0.4) is 0 Å². The number of benzene rings is 1. The van der Waals surface area contributed by atoms with Gasteiger partial charge in [-0.3, -0.25) is 14.6 Å². The zero-order chi connectivity index (χ0) is 27.6. The highest BCUT2D eigenvalue weighted by atomic mass is 19.4. The van der Waals surface area contributed by atoms with E-state index in [1.165, 1.54) is 24.4 Å². The number of aromatic nitrogens is 4. The van der Waals surface area contributed by atoms with E-state index < -0.39 is 17.9 Å². The third-order valence-electron chi connectivity index (χ3n) is 6.11. The van der Waals surface area contributed by atoms with Crippen molar-refractivity contribution in [1.82, 2.24) is 19.8 Å². The molecule has 0 spiro atoms. The van der Waals surface area contributed by atoms with Gasteiger partial charge >= 0.3 is 6.36 Å². The number of rotatable bonds is 9. The number of Topliss-reactive ketones (excluding diaryl/α,β-unsaturated/α-hetero) is 2. The highest BCUT2D eigenvalue weighted by Crippen LogP contribution is 2.26. The quantitative estimate of drug-likeness (QED) is 0.211. The van der Waals surface area contributed by atoms with E-state index in [0.29, 0.717) is 22.3 Å². The minimum absolute atomic E-state index is 0.0506. The largest absolute Gasteiger partial charge is 0.573 e. The summed E-state index contributed by atoms with van der Waals surface area (Å²) in [5, 5.41) is 8.26. The summed E-state index contributed by atoms with van der Waals surface area (Å²) in [7, 11) is 0. The first-order valence-electron chi connectivity index (χ1n) is 11.9. The molecule has 0 saturated carbocycles. The number of carbonyl (C=O) groups excluding carboxylic acids is 2. The lowest BCUT2D eigenvalue weighted by Crippen LogP contribution is -2.17. The Hall–Kier alpha value is -4.80. The number of carbonyl (C=O) groups is 2. The normalized spacial score (nSPS) is 12.4. The molecule has 4 heterocycles. The van der Waals surface area contributed by atoms with Crippen LogP contribution in [-0.2, 0) is 6.42 Å². The van der Waals surface area contributed by atoms with Crippen molar-refractivity contribution in [1.29, 1.82) is 0 Å². The SMILES string of the molecule is C[C@@H](CC(=O)c1cnn2cc(-c3cccnc3)ccc12)c1cc(C(=O)Cc2cccc(OC(F)(F)F)c2)on1. The Morgan fingerprint density at radius 3 is 2.64 bits per heavy atom. The third-order valence-corrected chi connectivity index (χ3v) is 6.11. The van der Waals surface area contributed by atoms with E-state index in [1.54, 1.807) is 23.8 Å². The molecule has 0 fully saturated rings. The molecular formula is C28H21F3N4O4. The smallest absolute Gasteiger partial charge is 0.406 e. The monoisotopic (exact) mass is 534 g/mol. The molecule has 1 atom stereocenters. The molecule has 39 heavy (non-hydrogen) atoms. The van der Waals surface area contributed by atoms with Gasteiger partial charge in [0.25, 0.3) is 0 Å². The fraction of sp³-hybridized carbons (Fsp3) is 0.179. The van der Waals surface area contributed by atoms with Crippen LogP contribution in [0.15, 0.2) is 83.9 Å². The van der Waals surface area contributed by atoms with Crippen LogP contribution in [-0.4, -0.2) is 37.7 Å². The van der Waals surface area contributed by atoms with Crippen molar-refractivity contribution in [2.24, 2.45) is 0 Å². The van der Waals surface area contributed by atoms with Crippen LogP contribution in [0.5, 0.6) is 5.75 Å². The van der Waals surface area contributed by atoms with Gasteiger partial charge in [-0.1, -0.05) is 36.3 Å². The summed E-state index contributed by atoms with van der Waals surface area (Å²) >= 11 is 0. The first-order valence-corrected chi connectivity index (χ1v) is 11.9. The first-order chi connectivity index (χ1) is 18.7. The summed E-state index contributed by atoms with van der Waals surface area (Å²) in [5.41, 5.74) is 3.69. The Kier molecular flexibility index (Phi) is 6.97. The molecule has 198 valence electrons. The molecule has 5 rings (SSSR count). The standard InChI is InChI=1S/C28H21F3N4O4/c1-17(10-25(36)22-15-33-35-16-20(7-8-24(22)35)19-5-3-9-32-14-19)23-13-27(39-34-23)26(37)12-18-4-2-6-21(11-18)38-28(29,30)31/h2-9,11,13-17H,10,12H2,1H3/t17-/m0/s1. The van der Waals surface area contributed by atoms with Crippen LogP contribution in [0.2, 0.25) is 0 Å². The maximum absolute atomic E-state index is 13.1. The van der Waals surface area contributed by atoms with Gasteiger partial charge in [-0.15, -0.1) is 13.2 Å². The van der Waals surface area contributed by atoms with Crippen LogP contribution in [0.25, 0.3) is 16.6 Å². The Morgan fingerprint density at radius 2 is 1.87 bits per heavy atom.